The van der Waals surface area contributed by atoms with E-state index in [9.17, 15) is 9.59 Å². The van der Waals surface area contributed by atoms with Crippen LogP contribution in [0.2, 0.25) is 0 Å². The van der Waals surface area contributed by atoms with Crippen molar-refractivity contribution in [2.24, 2.45) is 0 Å². The van der Waals surface area contributed by atoms with Crippen LogP contribution in [0.25, 0.3) is 0 Å². The van der Waals surface area contributed by atoms with E-state index in [-0.39, 0.29) is 38.3 Å². The minimum Gasteiger partial charge on any atom is -0.467 e. The lowest BCUT2D eigenvalue weighted by atomic mass is 10.2. The van der Waals surface area contributed by atoms with Gasteiger partial charge >= 0.3 is 0 Å². The fourth-order valence-corrected chi connectivity index (χ4v) is 3.35. The summed E-state index contributed by atoms with van der Waals surface area (Å²) >= 11 is 0. The van der Waals surface area contributed by atoms with Gasteiger partial charge in [-0.25, -0.2) is 0 Å². The third-order valence-corrected chi connectivity index (χ3v) is 4.96. The highest BCUT2D eigenvalue weighted by molar-refractivity contribution is 5.85. The number of hydrogen-bond acceptors (Lipinski definition) is 7. The Hall–Kier alpha value is -3.04. The van der Waals surface area contributed by atoms with Crippen LogP contribution in [-0.2, 0) is 32.2 Å². The molecule has 0 spiro atoms. The van der Waals surface area contributed by atoms with E-state index >= 15 is 0 Å². The van der Waals surface area contributed by atoms with Gasteiger partial charge in [-0.2, -0.15) is 0 Å². The van der Waals surface area contributed by atoms with Gasteiger partial charge in [0.05, 0.1) is 19.4 Å². The molecule has 174 valence electrons. The summed E-state index contributed by atoms with van der Waals surface area (Å²) < 4.78 is 26.6. The molecule has 0 fully saturated rings. The van der Waals surface area contributed by atoms with Gasteiger partial charge in [0.25, 0.3) is 0 Å². The second-order valence-electron chi connectivity index (χ2n) is 7.32. The average molecular weight is 447 g/mol. The van der Waals surface area contributed by atoms with Crippen molar-refractivity contribution in [2.75, 3.05) is 46.8 Å². The minimum atomic E-state index is -0.238. The Morgan fingerprint density at radius 3 is 2.66 bits per heavy atom. The van der Waals surface area contributed by atoms with Crippen molar-refractivity contribution >= 4 is 11.8 Å². The fourth-order valence-electron chi connectivity index (χ4n) is 3.35. The van der Waals surface area contributed by atoms with Gasteiger partial charge in [-0.3, -0.25) is 9.59 Å². The van der Waals surface area contributed by atoms with E-state index in [0.717, 1.165) is 5.56 Å². The lowest BCUT2D eigenvalue weighted by molar-refractivity contribution is -0.143. The number of benzene rings is 1. The normalized spacial score (nSPS) is 12.1. The second-order valence-corrected chi connectivity index (χ2v) is 7.32. The number of furan rings is 1. The molecule has 0 saturated carbocycles. The van der Waals surface area contributed by atoms with Crippen LogP contribution in [0.1, 0.15) is 24.7 Å². The van der Waals surface area contributed by atoms with Crippen molar-refractivity contribution in [3.05, 3.63) is 47.9 Å². The van der Waals surface area contributed by atoms with Crippen LogP contribution >= 0.6 is 0 Å². The molecule has 0 unspecified atom stereocenters. The van der Waals surface area contributed by atoms with Crippen LogP contribution in [0.5, 0.6) is 11.5 Å². The summed E-state index contributed by atoms with van der Waals surface area (Å²) in [7, 11) is 1.46. The molecular formula is C23H30N2O7. The molecule has 2 amide bonds. The summed E-state index contributed by atoms with van der Waals surface area (Å²) in [6.07, 6.45) is 2.21. The molecule has 0 saturated heterocycles. The Labute approximate surface area is 187 Å². The van der Waals surface area contributed by atoms with Crippen molar-refractivity contribution in [3.63, 3.8) is 0 Å². The van der Waals surface area contributed by atoms with Gasteiger partial charge in [0.1, 0.15) is 12.4 Å². The molecule has 9 heteroatoms. The van der Waals surface area contributed by atoms with Gasteiger partial charge < -0.3 is 33.2 Å². The van der Waals surface area contributed by atoms with Crippen molar-refractivity contribution in [3.8, 4) is 11.5 Å². The van der Waals surface area contributed by atoms with E-state index in [1.165, 1.54) is 12.0 Å². The Morgan fingerprint density at radius 1 is 1.06 bits per heavy atom. The lowest BCUT2D eigenvalue weighted by Crippen LogP contribution is -2.44. The Bertz CT molecular complexity index is 869. The Balaban J connectivity index is 1.71. The van der Waals surface area contributed by atoms with Crippen LogP contribution in [-0.4, -0.2) is 68.4 Å². The molecule has 1 aromatic heterocycles. The molecule has 2 heterocycles. The number of hydrogen-bond donors (Lipinski definition) is 0. The fraction of sp³-hybridized carbons (Fsp3) is 0.478. The van der Waals surface area contributed by atoms with E-state index in [1.54, 1.807) is 17.2 Å². The van der Waals surface area contributed by atoms with Gasteiger partial charge in [-0.05, 0) is 43.2 Å². The summed E-state index contributed by atoms with van der Waals surface area (Å²) in [6, 6.07) is 9.18. The number of nitrogens with zero attached hydrogens (tertiary/aromatic N) is 2. The molecule has 2 aromatic rings. The predicted molar refractivity (Wildman–Crippen MR) is 115 cm³/mol. The first kappa shape index (κ1) is 23.6. The zero-order chi connectivity index (χ0) is 22.8. The summed E-state index contributed by atoms with van der Waals surface area (Å²) in [5, 5.41) is 0. The topological polar surface area (TPSA) is 90.7 Å². The SMILES string of the molecule is CCOCCCN(CC(=O)N(Cc1ccc2c(c1)OCO2)Cc1ccco1)C(=O)COC. The van der Waals surface area contributed by atoms with Gasteiger partial charge in [-0.15, -0.1) is 0 Å². The van der Waals surface area contributed by atoms with E-state index < -0.39 is 0 Å². The number of carbonyl (C=O) groups excluding carboxylic acids is 2. The molecule has 1 aliphatic rings. The van der Waals surface area contributed by atoms with Gasteiger partial charge in [0.15, 0.2) is 11.5 Å². The predicted octanol–water partition coefficient (Wildman–Crippen LogP) is 2.44. The summed E-state index contributed by atoms with van der Waals surface area (Å²) in [5.41, 5.74) is 0.889. The molecule has 3 rings (SSSR count). The van der Waals surface area contributed by atoms with Gasteiger partial charge in [0, 0.05) is 33.4 Å². The highest BCUT2D eigenvalue weighted by Gasteiger charge is 2.23. The Morgan fingerprint density at radius 2 is 1.91 bits per heavy atom. The molecular weight excluding hydrogens is 416 g/mol. The molecule has 0 aliphatic carbocycles. The molecule has 0 bridgehead atoms. The van der Waals surface area contributed by atoms with Gasteiger partial charge in [-0.1, -0.05) is 6.07 Å². The summed E-state index contributed by atoms with van der Waals surface area (Å²) in [4.78, 5) is 29.0. The number of ether oxygens (including phenoxy) is 4. The molecule has 1 aromatic carbocycles. The number of rotatable bonds is 13. The van der Waals surface area contributed by atoms with Crippen LogP contribution in [0, 0.1) is 0 Å². The van der Waals surface area contributed by atoms with Crippen LogP contribution < -0.4 is 9.47 Å². The standard InChI is InChI=1S/C23H30N2O7/c1-3-29-10-5-9-24(23(27)16-28-2)15-22(26)25(14-19-6-4-11-30-19)13-18-7-8-20-21(12-18)32-17-31-20/h4,6-8,11-12H,3,5,9-10,13-17H2,1-2H3. The maximum Gasteiger partial charge on any atom is 0.249 e. The zero-order valence-electron chi connectivity index (χ0n) is 18.6. The lowest BCUT2D eigenvalue weighted by Gasteiger charge is -2.27. The minimum absolute atomic E-state index is 0.0560. The van der Waals surface area contributed by atoms with Crippen molar-refractivity contribution in [1.29, 1.82) is 0 Å². The number of methoxy groups -OCH3 is 1. The van der Waals surface area contributed by atoms with Gasteiger partial charge in [0.2, 0.25) is 18.6 Å². The molecule has 9 nitrogen and oxygen atoms in total. The quantitative estimate of drug-likeness (QED) is 0.437. The zero-order valence-corrected chi connectivity index (χ0v) is 18.6. The smallest absolute Gasteiger partial charge is 0.249 e. The monoisotopic (exact) mass is 446 g/mol. The van der Waals surface area contributed by atoms with E-state index in [4.69, 9.17) is 23.4 Å². The maximum absolute atomic E-state index is 13.3. The molecule has 0 N–H and O–H groups in total. The largest absolute Gasteiger partial charge is 0.467 e. The summed E-state index contributed by atoms with van der Waals surface area (Å²) in [6.45, 7) is 4.12. The van der Waals surface area contributed by atoms with Crippen molar-refractivity contribution < 1.29 is 33.0 Å². The highest BCUT2D eigenvalue weighted by Crippen LogP contribution is 2.33. The second kappa shape index (κ2) is 12.1. The highest BCUT2D eigenvalue weighted by atomic mass is 16.7. The Kier molecular flexibility index (Phi) is 8.94. The number of amides is 2. The first-order valence-electron chi connectivity index (χ1n) is 10.6. The van der Waals surface area contributed by atoms with Crippen molar-refractivity contribution in [2.45, 2.75) is 26.4 Å². The summed E-state index contributed by atoms with van der Waals surface area (Å²) in [5.74, 6) is 1.56. The first-order chi connectivity index (χ1) is 15.6. The van der Waals surface area contributed by atoms with E-state index in [2.05, 4.69) is 0 Å². The van der Waals surface area contributed by atoms with E-state index in [0.29, 0.717) is 50.0 Å². The van der Waals surface area contributed by atoms with E-state index in [1.807, 2.05) is 31.2 Å². The maximum atomic E-state index is 13.3. The van der Waals surface area contributed by atoms with Crippen LogP contribution in [0.3, 0.4) is 0 Å². The number of fused-ring (bicyclic) bond motifs is 1. The molecule has 0 radical (unpaired) electrons. The molecule has 1 aliphatic heterocycles. The third-order valence-electron chi connectivity index (χ3n) is 4.96. The first-order valence-corrected chi connectivity index (χ1v) is 10.6. The average Bonchev–Trinajstić information content (AvgIpc) is 3.47. The number of carbonyl (C=O) groups is 2. The molecule has 32 heavy (non-hydrogen) atoms. The van der Waals surface area contributed by atoms with Crippen LogP contribution in [0.4, 0.5) is 0 Å². The molecule has 0 atom stereocenters. The third kappa shape index (κ3) is 6.73. The van der Waals surface area contributed by atoms with Crippen LogP contribution in [0.15, 0.2) is 41.0 Å². The van der Waals surface area contributed by atoms with Crippen molar-refractivity contribution in [1.82, 2.24) is 9.80 Å².